The van der Waals surface area contributed by atoms with Crippen molar-refractivity contribution in [2.45, 2.75) is 19.0 Å². The van der Waals surface area contributed by atoms with Gasteiger partial charge in [0.15, 0.2) is 0 Å². The van der Waals surface area contributed by atoms with Crippen LogP contribution in [0.3, 0.4) is 0 Å². The molecule has 1 atom stereocenters. The number of nitrogens with one attached hydrogen (secondary N) is 1. The zero-order valence-electron chi connectivity index (χ0n) is 15.2. The molecular weight excluding hydrogens is 340 g/mol. The van der Waals surface area contributed by atoms with Crippen LogP contribution in [0.25, 0.3) is 0 Å². The predicted molar refractivity (Wildman–Crippen MR) is 103 cm³/mol. The van der Waals surface area contributed by atoms with Gasteiger partial charge in [0.25, 0.3) is 5.91 Å². The van der Waals surface area contributed by atoms with Crippen molar-refractivity contribution in [3.63, 3.8) is 0 Å². The van der Waals surface area contributed by atoms with Gasteiger partial charge in [-0.2, -0.15) is 0 Å². The lowest BCUT2D eigenvalue weighted by Gasteiger charge is -2.22. The van der Waals surface area contributed by atoms with E-state index in [4.69, 9.17) is 4.42 Å². The van der Waals surface area contributed by atoms with E-state index < -0.39 is 6.04 Å². The van der Waals surface area contributed by atoms with Crippen molar-refractivity contribution in [2.24, 2.45) is 0 Å². The van der Waals surface area contributed by atoms with Crippen LogP contribution in [-0.4, -0.2) is 23.8 Å². The maximum Gasteiger partial charge on any atom is 0.251 e. The second-order valence-corrected chi connectivity index (χ2v) is 6.34. The minimum absolute atomic E-state index is 0.0754. The Morgan fingerprint density at radius 3 is 2.26 bits per heavy atom. The molecule has 3 aromatic rings. The number of furan rings is 1. The van der Waals surface area contributed by atoms with Gasteiger partial charge in [-0.1, -0.05) is 48.5 Å². The molecule has 0 saturated heterocycles. The lowest BCUT2D eigenvalue weighted by Crippen LogP contribution is -2.34. The molecule has 0 radical (unpaired) electrons. The van der Waals surface area contributed by atoms with Crippen LogP contribution in [0.2, 0.25) is 0 Å². The third-order valence-electron chi connectivity index (χ3n) is 4.32. The lowest BCUT2D eigenvalue weighted by molar-refractivity contribution is -0.131. The summed E-state index contributed by atoms with van der Waals surface area (Å²) in [4.78, 5) is 26.9. The Balaban J connectivity index is 1.72. The van der Waals surface area contributed by atoms with Crippen LogP contribution in [0.1, 0.15) is 34.1 Å². The van der Waals surface area contributed by atoms with E-state index in [1.165, 1.54) is 0 Å². The van der Waals surface area contributed by atoms with E-state index in [0.717, 1.165) is 11.3 Å². The Labute approximate surface area is 158 Å². The SMILES string of the molecule is CN(Cc1ccco1)C(=O)CC(NC(=O)c1ccccc1)c1ccccc1. The number of benzene rings is 2. The molecule has 0 spiro atoms. The molecular formula is C22H22N2O3. The molecule has 0 saturated carbocycles. The van der Waals surface area contributed by atoms with Crippen molar-refractivity contribution in [2.75, 3.05) is 7.05 Å². The van der Waals surface area contributed by atoms with Gasteiger partial charge in [-0.25, -0.2) is 0 Å². The molecule has 27 heavy (non-hydrogen) atoms. The van der Waals surface area contributed by atoms with Gasteiger partial charge in [0.2, 0.25) is 5.91 Å². The standard InChI is InChI=1S/C22H22N2O3/c1-24(16-19-13-8-14-27-19)21(25)15-20(17-9-4-2-5-10-17)23-22(26)18-11-6-3-7-12-18/h2-14,20H,15-16H2,1H3,(H,23,26). The highest BCUT2D eigenvalue weighted by atomic mass is 16.3. The molecule has 138 valence electrons. The quantitative estimate of drug-likeness (QED) is 0.695. The summed E-state index contributed by atoms with van der Waals surface area (Å²) in [6.07, 6.45) is 1.75. The van der Waals surface area contributed by atoms with Crippen molar-refractivity contribution >= 4 is 11.8 Å². The van der Waals surface area contributed by atoms with Gasteiger partial charge in [-0.15, -0.1) is 0 Å². The Kier molecular flexibility index (Phi) is 6.05. The molecule has 0 aliphatic rings. The van der Waals surface area contributed by atoms with Crippen LogP contribution in [0.4, 0.5) is 0 Å². The molecule has 1 aromatic heterocycles. The van der Waals surface area contributed by atoms with Crippen molar-refractivity contribution in [1.29, 1.82) is 0 Å². The van der Waals surface area contributed by atoms with E-state index in [1.54, 1.807) is 36.4 Å². The van der Waals surface area contributed by atoms with Crippen LogP contribution in [0, 0.1) is 0 Å². The monoisotopic (exact) mass is 362 g/mol. The Bertz CT molecular complexity index is 861. The first-order valence-corrected chi connectivity index (χ1v) is 8.80. The maximum atomic E-state index is 12.7. The largest absolute Gasteiger partial charge is 0.467 e. The number of hydrogen-bond acceptors (Lipinski definition) is 3. The molecule has 0 aliphatic heterocycles. The average Bonchev–Trinajstić information content (AvgIpc) is 3.21. The molecule has 1 unspecified atom stereocenters. The third-order valence-corrected chi connectivity index (χ3v) is 4.32. The molecule has 0 fully saturated rings. The smallest absolute Gasteiger partial charge is 0.251 e. The first-order valence-electron chi connectivity index (χ1n) is 8.80. The van der Waals surface area contributed by atoms with Crippen LogP contribution < -0.4 is 5.32 Å². The highest BCUT2D eigenvalue weighted by Crippen LogP contribution is 2.19. The highest BCUT2D eigenvalue weighted by Gasteiger charge is 2.21. The van der Waals surface area contributed by atoms with Crippen LogP contribution in [-0.2, 0) is 11.3 Å². The van der Waals surface area contributed by atoms with E-state index in [-0.39, 0.29) is 18.2 Å². The van der Waals surface area contributed by atoms with E-state index in [9.17, 15) is 9.59 Å². The van der Waals surface area contributed by atoms with Crippen molar-refractivity contribution in [3.05, 3.63) is 95.9 Å². The van der Waals surface area contributed by atoms with Gasteiger partial charge in [-0.3, -0.25) is 9.59 Å². The van der Waals surface area contributed by atoms with E-state index in [0.29, 0.717) is 12.1 Å². The van der Waals surface area contributed by atoms with Crippen LogP contribution in [0.5, 0.6) is 0 Å². The van der Waals surface area contributed by atoms with Gasteiger partial charge >= 0.3 is 0 Å². The fourth-order valence-electron chi connectivity index (χ4n) is 2.82. The first kappa shape index (κ1) is 18.5. The lowest BCUT2D eigenvalue weighted by atomic mass is 10.0. The number of nitrogens with zero attached hydrogens (tertiary/aromatic N) is 1. The summed E-state index contributed by atoms with van der Waals surface area (Å²) in [7, 11) is 1.73. The normalized spacial score (nSPS) is 11.6. The minimum Gasteiger partial charge on any atom is -0.467 e. The summed E-state index contributed by atoms with van der Waals surface area (Å²) in [6.45, 7) is 0.389. The Morgan fingerprint density at radius 2 is 1.63 bits per heavy atom. The van der Waals surface area contributed by atoms with Gasteiger partial charge < -0.3 is 14.6 Å². The fraction of sp³-hybridized carbons (Fsp3) is 0.182. The molecule has 3 rings (SSSR count). The van der Waals surface area contributed by atoms with Crippen LogP contribution in [0.15, 0.2) is 83.5 Å². The number of rotatable bonds is 7. The number of hydrogen-bond donors (Lipinski definition) is 1. The second kappa shape index (κ2) is 8.85. The summed E-state index contributed by atoms with van der Waals surface area (Å²) in [5.74, 6) is 0.440. The number of carbonyl (C=O) groups is 2. The van der Waals surface area contributed by atoms with Crippen LogP contribution >= 0.6 is 0 Å². The van der Waals surface area contributed by atoms with Gasteiger partial charge in [0, 0.05) is 12.6 Å². The molecule has 5 nitrogen and oxygen atoms in total. The summed E-state index contributed by atoms with van der Waals surface area (Å²) in [5, 5.41) is 2.98. The summed E-state index contributed by atoms with van der Waals surface area (Å²) in [6, 6.07) is 21.7. The van der Waals surface area contributed by atoms with E-state index >= 15 is 0 Å². The maximum absolute atomic E-state index is 12.7. The highest BCUT2D eigenvalue weighted by molar-refractivity contribution is 5.94. The minimum atomic E-state index is -0.412. The van der Waals surface area contributed by atoms with Crippen molar-refractivity contribution in [3.8, 4) is 0 Å². The van der Waals surface area contributed by atoms with E-state index in [2.05, 4.69) is 5.32 Å². The summed E-state index contributed by atoms with van der Waals surface area (Å²) >= 11 is 0. The molecule has 5 heteroatoms. The third kappa shape index (κ3) is 5.07. The topological polar surface area (TPSA) is 62.6 Å². The Morgan fingerprint density at radius 1 is 0.963 bits per heavy atom. The average molecular weight is 362 g/mol. The fourth-order valence-corrected chi connectivity index (χ4v) is 2.82. The van der Waals surface area contributed by atoms with Crippen molar-refractivity contribution < 1.29 is 14.0 Å². The molecule has 1 N–H and O–H groups in total. The van der Waals surface area contributed by atoms with Crippen molar-refractivity contribution in [1.82, 2.24) is 10.2 Å². The predicted octanol–water partition coefficient (Wildman–Crippen LogP) is 3.80. The van der Waals surface area contributed by atoms with Gasteiger partial charge in [0.1, 0.15) is 5.76 Å². The molecule has 2 amide bonds. The molecule has 0 bridgehead atoms. The molecule has 0 aliphatic carbocycles. The first-order chi connectivity index (χ1) is 13.1. The second-order valence-electron chi connectivity index (χ2n) is 6.34. The van der Waals surface area contributed by atoms with Gasteiger partial charge in [-0.05, 0) is 29.8 Å². The van der Waals surface area contributed by atoms with Gasteiger partial charge in [0.05, 0.1) is 25.3 Å². The zero-order valence-corrected chi connectivity index (χ0v) is 15.2. The zero-order chi connectivity index (χ0) is 19.1. The number of carbonyl (C=O) groups excluding carboxylic acids is 2. The molecule has 1 heterocycles. The summed E-state index contributed by atoms with van der Waals surface area (Å²) < 4.78 is 5.30. The van der Waals surface area contributed by atoms with E-state index in [1.807, 2.05) is 54.6 Å². The Hall–Kier alpha value is -3.34. The number of amides is 2. The molecule has 2 aromatic carbocycles. The summed E-state index contributed by atoms with van der Waals surface area (Å²) in [5.41, 5.74) is 1.45.